The minimum Gasteiger partial charge on any atom is -0.176 e. The normalized spacial score (nSPS) is 15.6. The van der Waals surface area contributed by atoms with E-state index in [1.54, 1.807) is 0 Å². The standard InChI is InChI=1S/C12H24N2/c1-3-4-5-6-7-8-9-14-11-10-13(2)12-14/h10-11H,3-9,12H2,1-2H3/q+2. The molecule has 1 heterocycles. The molecule has 0 unspecified atom stereocenters. The van der Waals surface area contributed by atoms with Crippen LogP contribution in [-0.4, -0.2) is 41.8 Å². The highest BCUT2D eigenvalue weighted by atomic mass is 15.2. The summed E-state index contributed by atoms with van der Waals surface area (Å²) < 4.78 is 4.61. The predicted octanol–water partition coefficient (Wildman–Crippen LogP) is 2.11. The molecular weight excluding hydrogens is 172 g/mol. The molecule has 0 aromatic carbocycles. The maximum absolute atomic E-state index is 2.39. The Morgan fingerprint density at radius 1 is 1.00 bits per heavy atom. The molecule has 80 valence electrons. The van der Waals surface area contributed by atoms with E-state index in [4.69, 9.17) is 0 Å². The van der Waals surface area contributed by atoms with Crippen molar-refractivity contribution >= 4 is 12.4 Å². The Kier molecular flexibility index (Phi) is 5.50. The first-order valence-corrected chi connectivity index (χ1v) is 5.95. The third-order valence-electron chi connectivity index (χ3n) is 2.74. The van der Waals surface area contributed by atoms with Crippen LogP contribution in [0.4, 0.5) is 0 Å². The van der Waals surface area contributed by atoms with Crippen LogP contribution in [-0.2, 0) is 0 Å². The Labute approximate surface area is 88.0 Å². The summed E-state index contributed by atoms with van der Waals surface area (Å²) in [5.41, 5.74) is 0. The molecule has 0 saturated carbocycles. The maximum atomic E-state index is 2.39. The molecule has 0 N–H and O–H groups in total. The SMILES string of the molecule is CCCCCCCC[N+]1=CC=[N+](C)C1. The van der Waals surface area contributed by atoms with Crippen molar-refractivity contribution in [2.75, 3.05) is 20.3 Å². The fraction of sp³-hybridized carbons (Fsp3) is 0.833. The van der Waals surface area contributed by atoms with Crippen molar-refractivity contribution in [3.05, 3.63) is 0 Å². The highest BCUT2D eigenvalue weighted by Gasteiger charge is 2.14. The van der Waals surface area contributed by atoms with E-state index >= 15 is 0 Å². The van der Waals surface area contributed by atoms with Gasteiger partial charge in [-0.3, -0.25) is 0 Å². The van der Waals surface area contributed by atoms with Crippen LogP contribution in [0.25, 0.3) is 0 Å². The average molecular weight is 196 g/mol. The lowest BCUT2D eigenvalue weighted by Gasteiger charge is -1.98. The van der Waals surface area contributed by atoms with Gasteiger partial charge in [-0.15, -0.1) is 0 Å². The zero-order valence-corrected chi connectivity index (χ0v) is 9.71. The molecule has 0 bridgehead atoms. The molecule has 0 saturated heterocycles. The van der Waals surface area contributed by atoms with Crippen LogP contribution in [0.15, 0.2) is 0 Å². The summed E-state index contributed by atoms with van der Waals surface area (Å²) >= 11 is 0. The van der Waals surface area contributed by atoms with Gasteiger partial charge in [0.05, 0.1) is 0 Å². The van der Waals surface area contributed by atoms with Gasteiger partial charge < -0.3 is 0 Å². The van der Waals surface area contributed by atoms with Crippen molar-refractivity contribution in [1.82, 2.24) is 0 Å². The van der Waals surface area contributed by atoms with E-state index in [0.717, 1.165) is 6.67 Å². The van der Waals surface area contributed by atoms with E-state index in [9.17, 15) is 0 Å². The van der Waals surface area contributed by atoms with Crippen molar-refractivity contribution in [2.45, 2.75) is 45.4 Å². The summed E-state index contributed by atoms with van der Waals surface area (Å²) in [7, 11) is 2.12. The largest absolute Gasteiger partial charge is 0.334 e. The molecule has 0 aromatic rings. The first-order valence-electron chi connectivity index (χ1n) is 5.95. The van der Waals surface area contributed by atoms with Gasteiger partial charge in [0.2, 0.25) is 12.4 Å². The number of rotatable bonds is 7. The third kappa shape index (κ3) is 4.54. The van der Waals surface area contributed by atoms with Crippen LogP contribution < -0.4 is 0 Å². The van der Waals surface area contributed by atoms with Gasteiger partial charge in [0.25, 0.3) is 0 Å². The number of hydrogen-bond acceptors (Lipinski definition) is 0. The molecule has 2 nitrogen and oxygen atoms in total. The average Bonchev–Trinajstić information content (AvgIpc) is 2.58. The minimum absolute atomic E-state index is 1.08. The zero-order chi connectivity index (χ0) is 10.2. The van der Waals surface area contributed by atoms with Gasteiger partial charge in [0.15, 0.2) is 0 Å². The Morgan fingerprint density at radius 2 is 1.71 bits per heavy atom. The van der Waals surface area contributed by atoms with Gasteiger partial charge in [-0.2, -0.15) is 9.15 Å². The summed E-state index contributed by atoms with van der Waals surface area (Å²) in [4.78, 5) is 0. The molecule has 0 atom stereocenters. The van der Waals surface area contributed by atoms with Gasteiger partial charge in [-0.1, -0.05) is 32.6 Å². The van der Waals surface area contributed by atoms with Crippen LogP contribution in [0.5, 0.6) is 0 Å². The summed E-state index contributed by atoms with van der Waals surface area (Å²) in [5, 5.41) is 0. The summed E-state index contributed by atoms with van der Waals surface area (Å²) in [5.74, 6) is 0. The summed E-state index contributed by atoms with van der Waals surface area (Å²) in [6.45, 7) is 4.58. The van der Waals surface area contributed by atoms with E-state index in [1.165, 1.54) is 45.1 Å². The monoisotopic (exact) mass is 196 g/mol. The fourth-order valence-electron chi connectivity index (χ4n) is 1.83. The molecule has 14 heavy (non-hydrogen) atoms. The lowest BCUT2D eigenvalue weighted by atomic mass is 10.1. The van der Waals surface area contributed by atoms with Crippen LogP contribution in [0, 0.1) is 0 Å². The highest BCUT2D eigenvalue weighted by Crippen LogP contribution is 2.04. The first kappa shape index (κ1) is 11.4. The van der Waals surface area contributed by atoms with Gasteiger partial charge in [0.1, 0.15) is 13.6 Å². The molecule has 1 rings (SSSR count). The second-order valence-electron chi connectivity index (χ2n) is 4.28. The molecule has 0 amide bonds. The van der Waals surface area contributed by atoms with Gasteiger partial charge in [-0.05, 0) is 6.42 Å². The van der Waals surface area contributed by atoms with E-state index in [2.05, 4.69) is 35.6 Å². The molecule has 0 radical (unpaired) electrons. The van der Waals surface area contributed by atoms with Gasteiger partial charge in [0, 0.05) is 6.42 Å². The second kappa shape index (κ2) is 6.74. The van der Waals surface area contributed by atoms with E-state index < -0.39 is 0 Å². The maximum Gasteiger partial charge on any atom is 0.334 e. The first-order chi connectivity index (χ1) is 6.83. The Hall–Kier alpha value is -0.660. The van der Waals surface area contributed by atoms with E-state index in [-0.39, 0.29) is 0 Å². The predicted molar refractivity (Wildman–Crippen MR) is 61.7 cm³/mol. The molecule has 0 fully saturated rings. The third-order valence-corrected chi connectivity index (χ3v) is 2.74. The molecule has 0 aliphatic carbocycles. The second-order valence-corrected chi connectivity index (χ2v) is 4.28. The molecule has 1 aliphatic heterocycles. The Morgan fingerprint density at radius 3 is 2.36 bits per heavy atom. The van der Waals surface area contributed by atoms with Gasteiger partial charge >= 0.3 is 6.67 Å². The minimum atomic E-state index is 1.08. The quantitative estimate of drug-likeness (QED) is 0.434. The van der Waals surface area contributed by atoms with Gasteiger partial charge in [-0.25, -0.2) is 0 Å². The van der Waals surface area contributed by atoms with Crippen LogP contribution in [0.3, 0.4) is 0 Å². The van der Waals surface area contributed by atoms with E-state index in [1.807, 2.05) is 0 Å². The van der Waals surface area contributed by atoms with Crippen molar-refractivity contribution in [2.24, 2.45) is 0 Å². The molecular formula is C12H24N2+2. The fourth-order valence-corrected chi connectivity index (χ4v) is 1.83. The Balaban J connectivity index is 1.90. The summed E-state index contributed by atoms with van der Waals surface area (Å²) in [6.07, 6.45) is 12.7. The lowest BCUT2D eigenvalue weighted by Crippen LogP contribution is -2.16. The number of hydrogen-bond donors (Lipinski definition) is 0. The molecule has 1 aliphatic rings. The van der Waals surface area contributed by atoms with Crippen molar-refractivity contribution in [1.29, 1.82) is 0 Å². The van der Waals surface area contributed by atoms with Crippen LogP contribution in [0.2, 0.25) is 0 Å². The highest BCUT2D eigenvalue weighted by molar-refractivity contribution is 6.11. The molecule has 2 heteroatoms. The van der Waals surface area contributed by atoms with Crippen LogP contribution in [0.1, 0.15) is 45.4 Å². The summed E-state index contributed by atoms with van der Waals surface area (Å²) in [6, 6.07) is 0. The van der Waals surface area contributed by atoms with Crippen LogP contribution >= 0.6 is 0 Å². The van der Waals surface area contributed by atoms with Crippen molar-refractivity contribution in [3.63, 3.8) is 0 Å². The zero-order valence-electron chi connectivity index (χ0n) is 9.71. The smallest absolute Gasteiger partial charge is 0.176 e. The number of unbranched alkanes of at least 4 members (excludes halogenated alkanes) is 5. The lowest BCUT2D eigenvalue weighted by molar-refractivity contribution is -0.699. The van der Waals surface area contributed by atoms with Crippen molar-refractivity contribution < 1.29 is 9.15 Å². The Bertz CT molecular complexity index is 216. The molecule has 0 aromatic heterocycles. The van der Waals surface area contributed by atoms with Crippen molar-refractivity contribution in [3.8, 4) is 0 Å². The topological polar surface area (TPSA) is 6.02 Å². The number of nitrogens with zero attached hydrogens (tertiary/aromatic N) is 2. The molecule has 0 spiro atoms. The van der Waals surface area contributed by atoms with E-state index in [0.29, 0.717) is 0 Å².